The summed E-state index contributed by atoms with van der Waals surface area (Å²) in [5, 5.41) is 3.07. The first-order chi connectivity index (χ1) is 13.5. The number of nitrogens with one attached hydrogen (secondary N) is 1. The Morgan fingerprint density at radius 3 is 2.36 bits per heavy atom. The minimum atomic E-state index is -0.374. The third-order valence-electron chi connectivity index (χ3n) is 5.96. The number of amides is 1. The Labute approximate surface area is 166 Å². The number of likely N-dealkylation sites (tertiary alicyclic amines) is 1. The highest BCUT2D eigenvalue weighted by Gasteiger charge is 2.40. The number of ether oxygens (including phenoxy) is 1. The van der Waals surface area contributed by atoms with Gasteiger partial charge in [0.05, 0.1) is 13.2 Å². The third kappa shape index (κ3) is 5.37. The number of piperidine rings is 1. The second kappa shape index (κ2) is 9.58. The molecule has 1 aromatic carbocycles. The van der Waals surface area contributed by atoms with E-state index < -0.39 is 0 Å². The highest BCUT2D eigenvalue weighted by Crippen LogP contribution is 2.29. The second-order valence-corrected chi connectivity index (χ2v) is 7.83. The fourth-order valence-electron chi connectivity index (χ4n) is 4.04. The Bertz CT molecular complexity index is 666. The van der Waals surface area contributed by atoms with Crippen molar-refractivity contribution in [2.45, 2.75) is 31.2 Å². The van der Waals surface area contributed by atoms with Gasteiger partial charge >= 0.3 is 0 Å². The molecule has 0 bridgehead atoms. The fourth-order valence-corrected chi connectivity index (χ4v) is 4.04. The Balaban J connectivity index is 1.51. The molecule has 1 amide bonds. The third-order valence-corrected chi connectivity index (χ3v) is 5.96. The van der Waals surface area contributed by atoms with Gasteiger partial charge < -0.3 is 15.0 Å². The number of hydrogen-bond acceptors (Lipinski definition) is 5. The average molecular weight is 391 g/mol. The van der Waals surface area contributed by atoms with Gasteiger partial charge in [-0.05, 0) is 57.2 Å². The molecule has 6 nitrogen and oxygen atoms in total. The Kier molecular flexibility index (Phi) is 7.15. The van der Waals surface area contributed by atoms with Crippen molar-refractivity contribution in [3.63, 3.8) is 0 Å². The van der Waals surface area contributed by atoms with Crippen molar-refractivity contribution in [3.05, 3.63) is 35.6 Å². The molecule has 2 heterocycles. The monoisotopic (exact) mass is 391 g/mol. The van der Waals surface area contributed by atoms with Gasteiger partial charge in [-0.25, -0.2) is 4.39 Å². The zero-order valence-electron chi connectivity index (χ0n) is 16.6. The van der Waals surface area contributed by atoms with E-state index in [4.69, 9.17) is 4.74 Å². The SMILES string of the molecule is CN1CCC(CNC(=O)CCC(=O)c2ccc(F)cc2)(N2CCOCC2)CC1. The van der Waals surface area contributed by atoms with Gasteiger partial charge in [-0.1, -0.05) is 0 Å². The van der Waals surface area contributed by atoms with E-state index >= 15 is 0 Å². The summed E-state index contributed by atoms with van der Waals surface area (Å²) in [6.07, 6.45) is 2.30. The van der Waals surface area contributed by atoms with Crippen LogP contribution in [0.4, 0.5) is 4.39 Å². The number of morpholine rings is 1. The van der Waals surface area contributed by atoms with Crippen LogP contribution in [0.1, 0.15) is 36.0 Å². The number of hydrogen-bond donors (Lipinski definition) is 1. The molecule has 0 atom stereocenters. The Hall–Kier alpha value is -1.83. The predicted octanol–water partition coefficient (Wildman–Crippen LogP) is 1.70. The normalized spacial score (nSPS) is 20.6. The summed E-state index contributed by atoms with van der Waals surface area (Å²) < 4.78 is 18.5. The molecule has 1 N–H and O–H groups in total. The standard InChI is InChI=1S/C21H30FN3O3/c1-24-10-8-21(9-11-24,25-12-14-28-15-13-25)16-23-20(27)7-6-19(26)17-2-4-18(22)5-3-17/h2-5H,6-16H2,1H3,(H,23,27). The Morgan fingerprint density at radius 1 is 1.07 bits per heavy atom. The van der Waals surface area contributed by atoms with Gasteiger partial charge in [-0.15, -0.1) is 0 Å². The molecule has 154 valence electrons. The first kappa shape index (κ1) is 20.9. The summed E-state index contributed by atoms with van der Waals surface area (Å²) >= 11 is 0. The maximum Gasteiger partial charge on any atom is 0.220 e. The smallest absolute Gasteiger partial charge is 0.220 e. The molecule has 7 heteroatoms. The van der Waals surface area contributed by atoms with Crippen molar-refractivity contribution in [3.8, 4) is 0 Å². The molecule has 0 unspecified atom stereocenters. The van der Waals surface area contributed by atoms with Gasteiger partial charge in [0, 0.05) is 43.6 Å². The van der Waals surface area contributed by atoms with E-state index in [0.29, 0.717) is 12.1 Å². The van der Waals surface area contributed by atoms with Crippen LogP contribution in [0.2, 0.25) is 0 Å². The predicted molar refractivity (Wildman–Crippen MR) is 105 cm³/mol. The first-order valence-corrected chi connectivity index (χ1v) is 10.1. The number of carbonyl (C=O) groups excluding carboxylic acids is 2. The highest BCUT2D eigenvalue weighted by atomic mass is 19.1. The van der Waals surface area contributed by atoms with Crippen molar-refractivity contribution < 1.29 is 18.7 Å². The zero-order valence-corrected chi connectivity index (χ0v) is 16.6. The van der Waals surface area contributed by atoms with Crippen molar-refractivity contribution >= 4 is 11.7 Å². The lowest BCUT2D eigenvalue weighted by molar-refractivity contribution is -0.122. The molecule has 2 aliphatic heterocycles. The molecule has 1 aromatic rings. The highest BCUT2D eigenvalue weighted by molar-refractivity contribution is 5.97. The lowest BCUT2D eigenvalue weighted by Crippen LogP contribution is -2.62. The van der Waals surface area contributed by atoms with Crippen LogP contribution < -0.4 is 5.32 Å². The van der Waals surface area contributed by atoms with Gasteiger partial charge in [0.15, 0.2) is 5.78 Å². The number of carbonyl (C=O) groups is 2. The molecular weight excluding hydrogens is 361 g/mol. The van der Waals surface area contributed by atoms with Gasteiger partial charge in [0.25, 0.3) is 0 Å². The van der Waals surface area contributed by atoms with Crippen LogP contribution in [-0.4, -0.2) is 80.0 Å². The molecular formula is C21H30FN3O3. The average Bonchev–Trinajstić information content (AvgIpc) is 2.73. The van der Waals surface area contributed by atoms with Crippen LogP contribution in [0, 0.1) is 5.82 Å². The molecule has 2 fully saturated rings. The molecule has 0 saturated carbocycles. The number of ketones is 1. The number of rotatable bonds is 7. The van der Waals surface area contributed by atoms with Crippen LogP contribution in [-0.2, 0) is 9.53 Å². The van der Waals surface area contributed by atoms with Crippen LogP contribution in [0.25, 0.3) is 0 Å². The van der Waals surface area contributed by atoms with Gasteiger partial charge in [-0.3, -0.25) is 14.5 Å². The summed E-state index contributed by atoms with van der Waals surface area (Å²) in [4.78, 5) is 29.4. The summed E-state index contributed by atoms with van der Waals surface area (Å²) in [5.74, 6) is -0.625. The van der Waals surface area contributed by atoms with E-state index in [1.165, 1.54) is 24.3 Å². The molecule has 2 aliphatic rings. The topological polar surface area (TPSA) is 61.9 Å². The van der Waals surface area contributed by atoms with Crippen LogP contribution in [0.15, 0.2) is 24.3 Å². The van der Waals surface area contributed by atoms with E-state index in [2.05, 4.69) is 22.2 Å². The van der Waals surface area contributed by atoms with E-state index in [1.54, 1.807) is 0 Å². The van der Waals surface area contributed by atoms with E-state index in [1.807, 2.05) is 0 Å². The van der Waals surface area contributed by atoms with E-state index in [0.717, 1.165) is 52.2 Å². The molecule has 0 aromatic heterocycles. The molecule has 0 spiro atoms. The summed E-state index contributed by atoms with van der Waals surface area (Å²) in [6, 6.07) is 5.45. The van der Waals surface area contributed by atoms with Gasteiger partial charge in [0.2, 0.25) is 5.91 Å². The lowest BCUT2D eigenvalue weighted by Gasteiger charge is -2.49. The molecule has 28 heavy (non-hydrogen) atoms. The summed E-state index contributed by atoms with van der Waals surface area (Å²) in [7, 11) is 2.13. The van der Waals surface area contributed by atoms with Crippen molar-refractivity contribution in [2.24, 2.45) is 0 Å². The molecule has 0 aliphatic carbocycles. The fraction of sp³-hybridized carbons (Fsp3) is 0.619. The maximum atomic E-state index is 13.0. The minimum absolute atomic E-state index is 0.0348. The summed E-state index contributed by atoms with van der Waals surface area (Å²) in [6.45, 7) is 5.87. The van der Waals surface area contributed by atoms with Crippen molar-refractivity contribution in [1.82, 2.24) is 15.1 Å². The van der Waals surface area contributed by atoms with E-state index in [9.17, 15) is 14.0 Å². The molecule has 2 saturated heterocycles. The number of nitrogens with zero attached hydrogens (tertiary/aromatic N) is 2. The largest absolute Gasteiger partial charge is 0.379 e. The first-order valence-electron chi connectivity index (χ1n) is 10.1. The van der Waals surface area contributed by atoms with Crippen molar-refractivity contribution in [1.29, 1.82) is 0 Å². The van der Waals surface area contributed by atoms with Gasteiger partial charge in [-0.2, -0.15) is 0 Å². The van der Waals surface area contributed by atoms with E-state index in [-0.39, 0.29) is 35.9 Å². The Morgan fingerprint density at radius 2 is 1.71 bits per heavy atom. The lowest BCUT2D eigenvalue weighted by atomic mass is 9.85. The quantitative estimate of drug-likeness (QED) is 0.717. The minimum Gasteiger partial charge on any atom is -0.379 e. The second-order valence-electron chi connectivity index (χ2n) is 7.83. The van der Waals surface area contributed by atoms with Gasteiger partial charge in [0.1, 0.15) is 5.82 Å². The zero-order chi connectivity index (χ0) is 20.0. The number of halogens is 1. The number of benzene rings is 1. The molecule has 0 radical (unpaired) electrons. The molecule has 3 rings (SSSR count). The van der Waals surface area contributed by atoms with Crippen molar-refractivity contribution in [2.75, 3.05) is 53.0 Å². The van der Waals surface area contributed by atoms with Crippen LogP contribution in [0.3, 0.4) is 0 Å². The number of Topliss-reactive ketones (excluding diaryl/α,β-unsaturated/α-hetero) is 1. The summed E-state index contributed by atoms with van der Waals surface area (Å²) in [5.41, 5.74) is 0.404. The van der Waals surface area contributed by atoms with Crippen LogP contribution in [0.5, 0.6) is 0 Å². The maximum absolute atomic E-state index is 13.0. The van der Waals surface area contributed by atoms with Crippen LogP contribution >= 0.6 is 0 Å².